The summed E-state index contributed by atoms with van der Waals surface area (Å²) in [5.41, 5.74) is 7.60. The van der Waals surface area contributed by atoms with Gasteiger partial charge in [0.1, 0.15) is 0 Å². The first-order chi connectivity index (χ1) is 6.15. The lowest BCUT2D eigenvalue weighted by Gasteiger charge is -2.19. The van der Waals surface area contributed by atoms with Crippen molar-refractivity contribution in [2.24, 2.45) is 0 Å². The largest absolute Gasteiger partial charge is 0.397 e. The average molecular weight is 264 g/mol. The quantitative estimate of drug-likeness (QED) is 0.671. The molecule has 0 aliphatic rings. The van der Waals surface area contributed by atoms with Crippen molar-refractivity contribution in [3.05, 3.63) is 22.7 Å². The molecule has 0 heterocycles. The molecular weight excluding hydrogens is 251 g/mol. The van der Waals surface area contributed by atoms with E-state index in [4.69, 9.17) is 17.3 Å². The summed E-state index contributed by atoms with van der Waals surface area (Å²) in [4.78, 5) is 2.03. The normalized spacial score (nSPS) is 10.1. The molecule has 2 nitrogen and oxygen atoms in total. The Kier molecular flexibility index (Phi) is 3.88. The number of nitrogens with zero attached hydrogens (tertiary/aromatic N) is 1. The molecule has 0 spiro atoms. The number of hydrogen-bond donors (Lipinski definition) is 1. The summed E-state index contributed by atoms with van der Waals surface area (Å²) in [6.07, 6.45) is 0. The van der Waals surface area contributed by atoms with E-state index < -0.39 is 0 Å². The molecule has 4 heteroatoms. The molecule has 72 valence electrons. The minimum Gasteiger partial charge on any atom is -0.397 e. The third-order valence-electron chi connectivity index (χ3n) is 1.82. The van der Waals surface area contributed by atoms with Crippen LogP contribution in [-0.4, -0.2) is 19.5 Å². The third-order valence-corrected chi connectivity index (χ3v) is 2.49. The third kappa shape index (κ3) is 2.78. The van der Waals surface area contributed by atoms with E-state index >= 15 is 0 Å². The molecule has 13 heavy (non-hydrogen) atoms. The number of nitrogens with two attached hydrogens (primary N) is 1. The fourth-order valence-electron chi connectivity index (χ4n) is 1.09. The van der Waals surface area contributed by atoms with Gasteiger partial charge in [0.15, 0.2) is 0 Å². The van der Waals surface area contributed by atoms with Crippen molar-refractivity contribution in [2.45, 2.75) is 0 Å². The molecule has 0 aromatic heterocycles. The van der Waals surface area contributed by atoms with Crippen molar-refractivity contribution < 1.29 is 0 Å². The Balaban J connectivity index is 2.91. The van der Waals surface area contributed by atoms with Crippen LogP contribution in [0.4, 0.5) is 11.4 Å². The van der Waals surface area contributed by atoms with E-state index in [-0.39, 0.29) is 0 Å². The van der Waals surface area contributed by atoms with Gasteiger partial charge in [-0.15, -0.1) is 11.6 Å². The molecule has 0 aliphatic heterocycles. The molecule has 0 aliphatic carbocycles. The van der Waals surface area contributed by atoms with Crippen LogP contribution in [0.3, 0.4) is 0 Å². The number of hydrogen-bond acceptors (Lipinski definition) is 2. The van der Waals surface area contributed by atoms with Gasteiger partial charge in [-0.2, -0.15) is 0 Å². The highest BCUT2D eigenvalue weighted by molar-refractivity contribution is 9.10. The zero-order valence-electron chi connectivity index (χ0n) is 7.43. The number of anilines is 2. The highest BCUT2D eigenvalue weighted by Crippen LogP contribution is 2.25. The molecule has 0 fully saturated rings. The Morgan fingerprint density at radius 2 is 2.23 bits per heavy atom. The molecule has 1 aromatic carbocycles. The fourth-order valence-corrected chi connectivity index (χ4v) is 1.70. The first-order valence-electron chi connectivity index (χ1n) is 3.97. The van der Waals surface area contributed by atoms with Crippen LogP contribution >= 0.6 is 27.5 Å². The maximum Gasteiger partial charge on any atom is 0.0609 e. The zero-order valence-corrected chi connectivity index (χ0v) is 9.77. The van der Waals surface area contributed by atoms with Crippen LogP contribution in [0.15, 0.2) is 22.7 Å². The summed E-state index contributed by atoms with van der Waals surface area (Å²) < 4.78 is 1.03. The zero-order chi connectivity index (χ0) is 9.84. The van der Waals surface area contributed by atoms with Gasteiger partial charge in [0.05, 0.1) is 11.4 Å². The van der Waals surface area contributed by atoms with E-state index in [1.54, 1.807) is 0 Å². The minimum absolute atomic E-state index is 0.600. The van der Waals surface area contributed by atoms with Gasteiger partial charge in [0.25, 0.3) is 0 Å². The second-order valence-electron chi connectivity index (χ2n) is 2.81. The monoisotopic (exact) mass is 262 g/mol. The molecule has 0 saturated heterocycles. The number of halogens is 2. The lowest BCUT2D eigenvalue weighted by molar-refractivity contribution is 0.975. The summed E-state index contributed by atoms with van der Waals surface area (Å²) >= 11 is 9.04. The van der Waals surface area contributed by atoms with Crippen LogP contribution in [0.2, 0.25) is 0 Å². The standard InChI is InChI=1S/C9H12BrClN2/c1-13(5-4-11)9-6-7(10)2-3-8(9)12/h2-3,6H,4-5,12H2,1H3. The minimum atomic E-state index is 0.600. The SMILES string of the molecule is CN(CCCl)c1cc(Br)ccc1N. The van der Waals surface area contributed by atoms with E-state index in [1.165, 1.54) is 0 Å². The van der Waals surface area contributed by atoms with Crippen molar-refractivity contribution >= 4 is 38.9 Å². The highest BCUT2D eigenvalue weighted by atomic mass is 79.9. The van der Waals surface area contributed by atoms with Gasteiger partial charge in [-0.1, -0.05) is 15.9 Å². The maximum absolute atomic E-state index is 5.82. The molecule has 1 rings (SSSR count). The summed E-state index contributed by atoms with van der Waals surface area (Å²) in [5.74, 6) is 0.600. The Morgan fingerprint density at radius 3 is 2.85 bits per heavy atom. The smallest absolute Gasteiger partial charge is 0.0609 e. The molecular formula is C9H12BrClN2. The van der Waals surface area contributed by atoms with Gasteiger partial charge in [-0.3, -0.25) is 0 Å². The van der Waals surface area contributed by atoms with Crippen LogP contribution in [0, 0.1) is 0 Å². The molecule has 0 saturated carbocycles. The van der Waals surface area contributed by atoms with Crippen molar-refractivity contribution in [1.82, 2.24) is 0 Å². The Hall–Kier alpha value is -0.410. The number of nitrogen functional groups attached to an aromatic ring is 1. The molecule has 2 N–H and O–H groups in total. The second-order valence-corrected chi connectivity index (χ2v) is 4.11. The van der Waals surface area contributed by atoms with Crippen LogP contribution in [0.5, 0.6) is 0 Å². The van der Waals surface area contributed by atoms with Gasteiger partial charge in [0.2, 0.25) is 0 Å². The van der Waals surface area contributed by atoms with Crippen LogP contribution in [-0.2, 0) is 0 Å². The summed E-state index contributed by atoms with van der Waals surface area (Å²) in [6.45, 7) is 0.794. The van der Waals surface area contributed by atoms with Gasteiger partial charge in [0, 0.05) is 23.9 Å². The molecule has 1 aromatic rings. The lowest BCUT2D eigenvalue weighted by atomic mass is 10.2. The number of alkyl halides is 1. The van der Waals surface area contributed by atoms with Crippen molar-refractivity contribution in [3.8, 4) is 0 Å². The van der Waals surface area contributed by atoms with Crippen molar-refractivity contribution in [3.63, 3.8) is 0 Å². The van der Waals surface area contributed by atoms with Crippen molar-refractivity contribution in [1.29, 1.82) is 0 Å². The summed E-state index contributed by atoms with van der Waals surface area (Å²) in [5, 5.41) is 0. The predicted octanol–water partition coefficient (Wildman–Crippen LogP) is 2.71. The molecule has 0 amide bonds. The molecule has 0 radical (unpaired) electrons. The van der Waals surface area contributed by atoms with Crippen LogP contribution in [0.1, 0.15) is 0 Å². The highest BCUT2D eigenvalue weighted by Gasteiger charge is 2.04. The first kappa shape index (κ1) is 10.7. The van der Waals surface area contributed by atoms with Gasteiger partial charge in [-0.25, -0.2) is 0 Å². The second kappa shape index (κ2) is 4.72. The van der Waals surface area contributed by atoms with E-state index in [0.717, 1.165) is 22.4 Å². The van der Waals surface area contributed by atoms with E-state index in [9.17, 15) is 0 Å². The van der Waals surface area contributed by atoms with Crippen molar-refractivity contribution in [2.75, 3.05) is 30.1 Å². The number of benzene rings is 1. The molecule has 0 bridgehead atoms. The molecule has 0 unspecified atom stereocenters. The van der Waals surface area contributed by atoms with Crippen LogP contribution in [0.25, 0.3) is 0 Å². The van der Waals surface area contributed by atoms with E-state index in [0.29, 0.717) is 5.88 Å². The fraction of sp³-hybridized carbons (Fsp3) is 0.333. The van der Waals surface area contributed by atoms with Gasteiger partial charge in [-0.05, 0) is 18.2 Å². The number of rotatable bonds is 3. The summed E-state index contributed by atoms with van der Waals surface area (Å²) in [6, 6.07) is 5.79. The summed E-state index contributed by atoms with van der Waals surface area (Å²) in [7, 11) is 1.97. The van der Waals surface area contributed by atoms with Gasteiger partial charge >= 0.3 is 0 Å². The average Bonchev–Trinajstić information content (AvgIpc) is 2.09. The lowest BCUT2D eigenvalue weighted by Crippen LogP contribution is -2.20. The Bertz CT molecular complexity index is 291. The predicted molar refractivity (Wildman–Crippen MR) is 62.5 cm³/mol. The first-order valence-corrected chi connectivity index (χ1v) is 5.30. The van der Waals surface area contributed by atoms with Gasteiger partial charge < -0.3 is 10.6 Å². The maximum atomic E-state index is 5.82. The topological polar surface area (TPSA) is 29.3 Å². The van der Waals surface area contributed by atoms with Crippen LogP contribution < -0.4 is 10.6 Å². The Labute approximate surface area is 91.8 Å². The van der Waals surface area contributed by atoms with E-state index in [2.05, 4.69) is 15.9 Å². The van der Waals surface area contributed by atoms with E-state index in [1.807, 2.05) is 30.1 Å². The molecule has 0 atom stereocenters. The Morgan fingerprint density at radius 1 is 1.54 bits per heavy atom.